The highest BCUT2D eigenvalue weighted by Gasteiger charge is 2.58. The molecule has 1 radical (unpaired) electrons. The fourth-order valence-corrected chi connectivity index (χ4v) is 5.61. The molecule has 2 bridgehead atoms. The summed E-state index contributed by atoms with van der Waals surface area (Å²) in [6, 6.07) is 6.14. The maximum Gasteiger partial charge on any atom is 0.361 e. The van der Waals surface area contributed by atoms with Crippen LogP contribution in [0.3, 0.4) is 0 Å². The second-order valence-electron chi connectivity index (χ2n) is 10.6. The molecule has 0 aromatic heterocycles. The molecule has 4 unspecified atom stereocenters. The van der Waals surface area contributed by atoms with Crippen LogP contribution in [0.5, 0.6) is 0 Å². The second-order valence-corrected chi connectivity index (χ2v) is 10.6. The van der Waals surface area contributed by atoms with Crippen molar-refractivity contribution in [3.8, 4) is 0 Å². The number of amides is 4. The highest BCUT2D eigenvalue weighted by molar-refractivity contribution is 6.06. The van der Waals surface area contributed by atoms with Gasteiger partial charge in [0.1, 0.15) is 0 Å². The summed E-state index contributed by atoms with van der Waals surface area (Å²) in [5, 5.41) is 7.19. The Morgan fingerprint density at radius 2 is 1.54 bits per heavy atom. The fraction of sp³-hybridized carbons (Fsp3) is 0.519. The number of hydrogen-bond acceptors (Lipinski definition) is 6. The molecule has 1 aromatic rings. The molecule has 5 rings (SSSR count). The zero-order valence-electron chi connectivity index (χ0n) is 21.5. The van der Waals surface area contributed by atoms with Crippen molar-refractivity contribution in [2.24, 2.45) is 28.8 Å². The van der Waals surface area contributed by atoms with Crippen molar-refractivity contribution >= 4 is 29.7 Å². The lowest BCUT2D eigenvalue weighted by Crippen LogP contribution is -2.56. The topological polar surface area (TPSA) is 114 Å². The third-order valence-corrected chi connectivity index (χ3v) is 7.47. The maximum absolute atomic E-state index is 12.8. The van der Waals surface area contributed by atoms with Crippen LogP contribution in [0.2, 0.25) is 0 Å². The van der Waals surface area contributed by atoms with Crippen molar-refractivity contribution in [2.75, 3.05) is 13.2 Å². The van der Waals surface area contributed by atoms with E-state index in [0.717, 1.165) is 6.42 Å². The second kappa shape index (κ2) is 9.64. The van der Waals surface area contributed by atoms with Crippen LogP contribution in [0.25, 0.3) is 0 Å². The van der Waals surface area contributed by atoms with Gasteiger partial charge in [0.2, 0.25) is 11.8 Å². The van der Waals surface area contributed by atoms with Gasteiger partial charge in [-0.1, -0.05) is 24.3 Å². The number of likely N-dealkylation sites (tertiary alicyclic amines) is 1. The number of fused-ring (bicyclic) bond motifs is 5. The van der Waals surface area contributed by atoms with Gasteiger partial charge in [-0.3, -0.25) is 14.5 Å². The van der Waals surface area contributed by atoms with Gasteiger partial charge >= 0.3 is 12.0 Å². The van der Waals surface area contributed by atoms with Crippen molar-refractivity contribution < 1.29 is 23.9 Å². The molecule has 2 fully saturated rings. The van der Waals surface area contributed by atoms with Crippen molar-refractivity contribution in [2.45, 2.75) is 52.6 Å². The normalized spacial score (nSPS) is 26.4. The molecule has 1 saturated carbocycles. The van der Waals surface area contributed by atoms with Crippen LogP contribution in [0, 0.1) is 23.7 Å². The first-order valence-corrected chi connectivity index (χ1v) is 12.9. The van der Waals surface area contributed by atoms with E-state index in [9.17, 15) is 19.2 Å². The Hall–Kier alpha value is -3.69. The summed E-state index contributed by atoms with van der Waals surface area (Å²) in [4.78, 5) is 52.0. The van der Waals surface area contributed by atoms with Gasteiger partial charge in [-0.25, -0.2) is 19.6 Å². The molecule has 2 aliphatic carbocycles. The molecule has 2 aliphatic heterocycles. The van der Waals surface area contributed by atoms with Crippen molar-refractivity contribution in [1.82, 2.24) is 20.3 Å². The van der Waals surface area contributed by atoms with Crippen LogP contribution < -0.4 is 5.43 Å². The number of esters is 1. The molecule has 1 saturated heterocycles. The smallest absolute Gasteiger partial charge is 0.361 e. The van der Waals surface area contributed by atoms with Gasteiger partial charge < -0.3 is 4.74 Å². The van der Waals surface area contributed by atoms with E-state index >= 15 is 0 Å². The molecular formula is C27H32N5O5. The molecule has 1 aromatic carbocycles. The summed E-state index contributed by atoms with van der Waals surface area (Å²) in [5.41, 5.74) is 5.43. The van der Waals surface area contributed by atoms with E-state index in [0.29, 0.717) is 23.4 Å². The highest BCUT2D eigenvalue weighted by atomic mass is 16.5. The molecule has 0 spiro atoms. The number of urea groups is 1. The lowest BCUT2D eigenvalue weighted by molar-refractivity contribution is -0.140. The van der Waals surface area contributed by atoms with Gasteiger partial charge in [-0.2, -0.15) is 0 Å². The van der Waals surface area contributed by atoms with Gasteiger partial charge in [0.05, 0.1) is 36.1 Å². The van der Waals surface area contributed by atoms with Crippen LogP contribution in [-0.4, -0.2) is 69.8 Å². The van der Waals surface area contributed by atoms with Crippen LogP contribution in [0.1, 0.15) is 56.5 Å². The van der Waals surface area contributed by atoms with Crippen LogP contribution in [0.15, 0.2) is 41.5 Å². The lowest BCUT2D eigenvalue weighted by atomic mass is 9.85. The number of hydrazone groups is 1. The molecular weight excluding hydrogens is 474 g/mol. The minimum atomic E-state index is -0.491. The first-order valence-electron chi connectivity index (χ1n) is 12.9. The predicted octanol–water partition coefficient (Wildman–Crippen LogP) is 2.78. The summed E-state index contributed by atoms with van der Waals surface area (Å²) in [5.74, 6) is -0.314. The maximum atomic E-state index is 12.8. The molecule has 4 amide bonds. The zero-order valence-corrected chi connectivity index (χ0v) is 21.5. The SMILES string of the molecule is CC(C)N1[N]C(c2ccc(C(=O)OCCCN3C(=O)C4C5C=CC(C5)C4C3=O)cc2)=NN(C(C)C)C1=O. The third kappa shape index (κ3) is 4.38. The number of benzene rings is 1. The number of carbonyl (C=O) groups is 4. The number of imide groups is 1. The minimum absolute atomic E-state index is 0.0847. The predicted molar refractivity (Wildman–Crippen MR) is 134 cm³/mol. The number of rotatable bonds is 8. The van der Waals surface area contributed by atoms with E-state index < -0.39 is 5.97 Å². The molecule has 10 heteroatoms. The quantitative estimate of drug-likeness (QED) is 0.233. The number of allylic oxidation sites excluding steroid dienone is 2. The first kappa shape index (κ1) is 25.0. The van der Waals surface area contributed by atoms with E-state index in [2.05, 4.69) is 22.7 Å². The lowest BCUT2D eigenvalue weighted by Gasteiger charge is -2.35. The Balaban J connectivity index is 1.15. The van der Waals surface area contributed by atoms with E-state index in [4.69, 9.17) is 4.74 Å². The summed E-state index contributed by atoms with van der Waals surface area (Å²) >= 11 is 0. The number of ether oxygens (including phenoxy) is 1. The molecule has 4 aliphatic rings. The Bertz CT molecular complexity index is 1140. The molecule has 37 heavy (non-hydrogen) atoms. The van der Waals surface area contributed by atoms with Crippen LogP contribution >= 0.6 is 0 Å². The summed E-state index contributed by atoms with van der Waals surface area (Å²) in [7, 11) is 0. The van der Waals surface area contributed by atoms with E-state index in [1.807, 2.05) is 27.7 Å². The summed E-state index contributed by atoms with van der Waals surface area (Å²) in [6.45, 7) is 7.88. The van der Waals surface area contributed by atoms with E-state index in [-0.39, 0.29) is 66.8 Å². The molecule has 0 N–H and O–H groups in total. The van der Waals surface area contributed by atoms with Gasteiger partial charge in [-0.05, 0) is 64.5 Å². The Labute approximate surface area is 216 Å². The first-order chi connectivity index (χ1) is 17.7. The minimum Gasteiger partial charge on any atom is -0.462 e. The van der Waals surface area contributed by atoms with Crippen LogP contribution in [0.4, 0.5) is 4.79 Å². The van der Waals surface area contributed by atoms with Crippen molar-refractivity contribution in [1.29, 1.82) is 0 Å². The summed E-state index contributed by atoms with van der Waals surface area (Å²) < 4.78 is 5.39. The van der Waals surface area contributed by atoms with Gasteiger partial charge in [0.15, 0.2) is 5.84 Å². The molecule has 195 valence electrons. The van der Waals surface area contributed by atoms with Crippen LogP contribution in [-0.2, 0) is 14.3 Å². The van der Waals surface area contributed by atoms with Gasteiger partial charge in [0, 0.05) is 12.1 Å². The fourth-order valence-electron chi connectivity index (χ4n) is 5.61. The molecule has 10 nitrogen and oxygen atoms in total. The van der Waals surface area contributed by atoms with E-state index in [1.54, 1.807) is 24.3 Å². The highest BCUT2D eigenvalue weighted by Crippen LogP contribution is 2.52. The summed E-state index contributed by atoms with van der Waals surface area (Å²) in [6.07, 6.45) is 5.44. The van der Waals surface area contributed by atoms with E-state index in [1.165, 1.54) is 14.9 Å². The Morgan fingerprint density at radius 3 is 2.11 bits per heavy atom. The Kier molecular flexibility index (Phi) is 6.51. The largest absolute Gasteiger partial charge is 0.462 e. The monoisotopic (exact) mass is 506 g/mol. The van der Waals surface area contributed by atoms with Crippen molar-refractivity contribution in [3.05, 3.63) is 47.5 Å². The third-order valence-electron chi connectivity index (χ3n) is 7.47. The number of nitrogens with zero attached hydrogens (tertiary/aromatic N) is 5. The molecule has 4 atom stereocenters. The number of amidine groups is 1. The standard InChI is InChI=1S/C27H32N5O5/c1-15(2)31-27(36)32(16(3)4)29-23(28-31)17-6-8-18(9-7-17)26(35)37-13-5-12-30-24(33)21-19-10-11-20(14-19)22(21)25(30)34/h6-11,15-16,19-22H,5,12-14H2,1-4H3. The number of hydrogen-bond donors (Lipinski definition) is 0. The van der Waals surface area contributed by atoms with Gasteiger partial charge in [0.25, 0.3) is 0 Å². The van der Waals surface area contributed by atoms with Crippen molar-refractivity contribution in [3.63, 3.8) is 0 Å². The average molecular weight is 507 g/mol. The molecule has 2 heterocycles. The van der Waals surface area contributed by atoms with Gasteiger partial charge in [-0.15, -0.1) is 10.5 Å². The zero-order chi connectivity index (χ0) is 26.4. The number of carbonyl (C=O) groups excluding carboxylic acids is 4. The average Bonchev–Trinajstić information content (AvgIpc) is 3.56. The Morgan fingerprint density at radius 1 is 0.946 bits per heavy atom.